The number of pyridine rings is 1. The maximum absolute atomic E-state index is 12.1. The van der Waals surface area contributed by atoms with Crippen LogP contribution in [0.5, 0.6) is 0 Å². The van der Waals surface area contributed by atoms with Gasteiger partial charge in [0.1, 0.15) is 5.82 Å². The minimum Gasteiger partial charge on any atom is -0.363 e. The molecule has 0 radical (unpaired) electrons. The largest absolute Gasteiger partial charge is 0.363 e. The number of aromatic nitrogens is 1. The number of rotatable bonds is 2. The molecular formula is C19H23N3O. The highest BCUT2D eigenvalue weighted by molar-refractivity contribution is 5.93. The van der Waals surface area contributed by atoms with Crippen LogP contribution in [0.25, 0.3) is 0 Å². The van der Waals surface area contributed by atoms with Gasteiger partial charge in [-0.15, -0.1) is 0 Å². The van der Waals surface area contributed by atoms with Gasteiger partial charge in [0.25, 0.3) is 0 Å². The Hall–Kier alpha value is -2.36. The van der Waals surface area contributed by atoms with Gasteiger partial charge >= 0.3 is 0 Å². The van der Waals surface area contributed by atoms with Crippen molar-refractivity contribution in [3.05, 3.63) is 53.7 Å². The van der Waals surface area contributed by atoms with Crippen LogP contribution < -0.4 is 10.2 Å². The van der Waals surface area contributed by atoms with Gasteiger partial charge in [-0.3, -0.25) is 4.79 Å². The van der Waals surface area contributed by atoms with E-state index in [0.29, 0.717) is 0 Å². The number of benzene rings is 1. The summed E-state index contributed by atoms with van der Waals surface area (Å²) in [5, 5.41) is 3.57. The molecular weight excluding hydrogens is 286 g/mol. The summed E-state index contributed by atoms with van der Waals surface area (Å²) in [4.78, 5) is 18.6. The molecule has 1 aliphatic heterocycles. The van der Waals surface area contributed by atoms with Crippen LogP contribution in [0.4, 0.5) is 11.5 Å². The van der Waals surface area contributed by atoms with Crippen LogP contribution in [0.1, 0.15) is 38.1 Å². The van der Waals surface area contributed by atoms with E-state index in [9.17, 15) is 4.79 Å². The molecule has 0 saturated heterocycles. The number of hydrogen-bond acceptors (Lipinski definition) is 3. The lowest BCUT2D eigenvalue weighted by molar-refractivity contribution is -0.117. The SMILES string of the molecule is CC(=O)N1c2ccccc2C(Nc2cccc(C)n2)C(C)[C@@H]1C. The smallest absolute Gasteiger partial charge is 0.224 e. The molecule has 4 nitrogen and oxygen atoms in total. The maximum Gasteiger partial charge on any atom is 0.224 e. The average molecular weight is 309 g/mol. The molecule has 0 spiro atoms. The predicted octanol–water partition coefficient (Wildman–Crippen LogP) is 3.93. The first-order valence-corrected chi connectivity index (χ1v) is 8.08. The first-order chi connectivity index (χ1) is 11.0. The zero-order valence-corrected chi connectivity index (χ0v) is 14.1. The van der Waals surface area contributed by atoms with Crippen LogP contribution in [0.15, 0.2) is 42.5 Å². The summed E-state index contributed by atoms with van der Waals surface area (Å²) >= 11 is 0. The Morgan fingerprint density at radius 1 is 1.13 bits per heavy atom. The average Bonchev–Trinajstić information content (AvgIpc) is 2.51. The molecule has 0 saturated carbocycles. The van der Waals surface area contributed by atoms with E-state index in [4.69, 9.17) is 0 Å². The molecule has 2 heterocycles. The number of nitrogens with one attached hydrogen (secondary N) is 1. The van der Waals surface area contributed by atoms with E-state index in [-0.39, 0.29) is 23.9 Å². The molecule has 1 aromatic carbocycles. The van der Waals surface area contributed by atoms with Crippen molar-refractivity contribution in [3.63, 3.8) is 0 Å². The van der Waals surface area contributed by atoms with E-state index >= 15 is 0 Å². The van der Waals surface area contributed by atoms with Crippen molar-refractivity contribution in [1.82, 2.24) is 4.98 Å². The van der Waals surface area contributed by atoms with E-state index in [2.05, 4.69) is 30.2 Å². The zero-order valence-electron chi connectivity index (χ0n) is 14.1. The second kappa shape index (κ2) is 6.03. The molecule has 2 unspecified atom stereocenters. The molecule has 3 rings (SSSR count). The van der Waals surface area contributed by atoms with E-state index in [0.717, 1.165) is 22.8 Å². The third kappa shape index (κ3) is 2.81. The van der Waals surface area contributed by atoms with Gasteiger partial charge < -0.3 is 10.2 Å². The van der Waals surface area contributed by atoms with E-state index in [1.165, 1.54) is 0 Å². The number of anilines is 2. The summed E-state index contributed by atoms with van der Waals surface area (Å²) in [6.45, 7) is 7.92. The topological polar surface area (TPSA) is 45.2 Å². The number of carbonyl (C=O) groups excluding carboxylic acids is 1. The Kier molecular flexibility index (Phi) is 4.07. The molecule has 4 heteroatoms. The van der Waals surface area contributed by atoms with Gasteiger partial charge in [-0.1, -0.05) is 31.2 Å². The number of aryl methyl sites for hydroxylation is 1. The van der Waals surface area contributed by atoms with Gasteiger partial charge in [0, 0.05) is 30.3 Å². The third-order valence-electron chi connectivity index (χ3n) is 4.76. The fourth-order valence-electron chi connectivity index (χ4n) is 3.43. The summed E-state index contributed by atoms with van der Waals surface area (Å²) in [5.74, 6) is 1.24. The van der Waals surface area contributed by atoms with Crippen LogP contribution >= 0.6 is 0 Å². The van der Waals surface area contributed by atoms with Gasteiger partial charge in [0.15, 0.2) is 0 Å². The fourth-order valence-corrected chi connectivity index (χ4v) is 3.43. The van der Waals surface area contributed by atoms with Crippen LogP contribution in [-0.2, 0) is 4.79 Å². The van der Waals surface area contributed by atoms with Crippen molar-refractivity contribution >= 4 is 17.4 Å². The van der Waals surface area contributed by atoms with Gasteiger partial charge in [0.05, 0.1) is 6.04 Å². The number of carbonyl (C=O) groups is 1. The highest BCUT2D eigenvalue weighted by Gasteiger charge is 2.37. The van der Waals surface area contributed by atoms with Gasteiger partial charge in [0.2, 0.25) is 5.91 Å². The maximum atomic E-state index is 12.1. The summed E-state index contributed by atoms with van der Waals surface area (Å²) in [7, 11) is 0. The van der Waals surface area contributed by atoms with Crippen LogP contribution in [0, 0.1) is 12.8 Å². The van der Waals surface area contributed by atoms with Crippen molar-refractivity contribution in [3.8, 4) is 0 Å². The van der Waals surface area contributed by atoms with Gasteiger partial charge in [-0.2, -0.15) is 0 Å². The Morgan fingerprint density at radius 2 is 1.87 bits per heavy atom. The molecule has 3 atom stereocenters. The Labute approximate surface area is 137 Å². The predicted molar refractivity (Wildman–Crippen MR) is 93.6 cm³/mol. The summed E-state index contributed by atoms with van der Waals surface area (Å²) in [6.07, 6.45) is 0. The summed E-state index contributed by atoms with van der Waals surface area (Å²) in [6, 6.07) is 14.4. The normalized spacial score (nSPS) is 23.3. The molecule has 2 aromatic rings. The lowest BCUT2D eigenvalue weighted by Gasteiger charge is -2.44. The first kappa shape index (κ1) is 15.5. The second-order valence-corrected chi connectivity index (χ2v) is 6.33. The highest BCUT2D eigenvalue weighted by Crippen LogP contribution is 2.42. The Morgan fingerprint density at radius 3 is 2.57 bits per heavy atom. The van der Waals surface area contributed by atoms with Gasteiger partial charge in [-0.25, -0.2) is 4.98 Å². The van der Waals surface area contributed by atoms with E-state index in [1.54, 1.807) is 6.92 Å². The van der Waals surface area contributed by atoms with Crippen LogP contribution in [0.3, 0.4) is 0 Å². The molecule has 1 aliphatic rings. The molecule has 0 bridgehead atoms. The van der Waals surface area contributed by atoms with Crippen molar-refractivity contribution < 1.29 is 4.79 Å². The summed E-state index contributed by atoms with van der Waals surface area (Å²) < 4.78 is 0. The lowest BCUT2D eigenvalue weighted by atomic mass is 9.83. The molecule has 1 aromatic heterocycles. The standard InChI is InChI=1S/C19H23N3O/c1-12-8-7-11-18(20-12)21-19-13(2)14(3)22(15(4)23)17-10-6-5-9-16(17)19/h5-11,13-14,19H,1-4H3,(H,20,21)/t13?,14-,19?/m0/s1. The molecule has 1 N–H and O–H groups in total. The van der Waals surface area contributed by atoms with Crippen LogP contribution in [0.2, 0.25) is 0 Å². The number of amides is 1. The monoisotopic (exact) mass is 309 g/mol. The van der Waals surface area contributed by atoms with E-state index < -0.39 is 0 Å². The van der Waals surface area contributed by atoms with Crippen molar-refractivity contribution in [2.24, 2.45) is 5.92 Å². The molecule has 0 fully saturated rings. The second-order valence-electron chi connectivity index (χ2n) is 6.33. The molecule has 0 aliphatic carbocycles. The quantitative estimate of drug-likeness (QED) is 0.914. The third-order valence-corrected chi connectivity index (χ3v) is 4.76. The van der Waals surface area contributed by atoms with Crippen molar-refractivity contribution in [1.29, 1.82) is 0 Å². The Balaban J connectivity index is 2.03. The highest BCUT2D eigenvalue weighted by atomic mass is 16.2. The molecule has 120 valence electrons. The first-order valence-electron chi connectivity index (χ1n) is 8.08. The molecule has 23 heavy (non-hydrogen) atoms. The van der Waals surface area contributed by atoms with Crippen LogP contribution in [-0.4, -0.2) is 16.9 Å². The zero-order chi connectivity index (χ0) is 16.6. The number of nitrogens with zero attached hydrogens (tertiary/aromatic N) is 2. The lowest BCUT2D eigenvalue weighted by Crippen LogP contribution is -2.48. The summed E-state index contributed by atoms with van der Waals surface area (Å²) in [5.41, 5.74) is 3.14. The number of hydrogen-bond donors (Lipinski definition) is 1. The fraction of sp³-hybridized carbons (Fsp3) is 0.368. The minimum atomic E-state index is 0.0870. The van der Waals surface area contributed by atoms with E-state index in [1.807, 2.05) is 48.2 Å². The molecule has 1 amide bonds. The minimum absolute atomic E-state index is 0.0870. The van der Waals surface area contributed by atoms with Gasteiger partial charge in [-0.05, 0) is 37.6 Å². The number of fused-ring (bicyclic) bond motifs is 1. The van der Waals surface area contributed by atoms with Crippen molar-refractivity contribution in [2.75, 3.05) is 10.2 Å². The number of para-hydroxylation sites is 1. The van der Waals surface area contributed by atoms with Crippen molar-refractivity contribution in [2.45, 2.75) is 39.8 Å². The Bertz CT molecular complexity index is 728.